The molecular formula is C12H26N2O. The highest BCUT2D eigenvalue weighted by atomic mass is 16.1. The lowest BCUT2D eigenvalue weighted by atomic mass is 9.82. The average Bonchev–Trinajstić information content (AvgIpc) is 1.99. The van der Waals surface area contributed by atoms with Crippen LogP contribution >= 0.6 is 0 Å². The molecule has 0 saturated heterocycles. The van der Waals surface area contributed by atoms with Crippen LogP contribution in [0.2, 0.25) is 0 Å². The van der Waals surface area contributed by atoms with Gasteiger partial charge >= 0.3 is 0 Å². The Morgan fingerprint density at radius 2 is 1.67 bits per heavy atom. The molecule has 1 amide bonds. The summed E-state index contributed by atoms with van der Waals surface area (Å²) in [6.45, 7) is 12.9. The van der Waals surface area contributed by atoms with Crippen molar-refractivity contribution in [1.29, 1.82) is 0 Å². The van der Waals surface area contributed by atoms with Gasteiger partial charge in [0.1, 0.15) is 0 Å². The third kappa shape index (κ3) is 9.73. The quantitative estimate of drug-likeness (QED) is 0.502. The van der Waals surface area contributed by atoms with Crippen LogP contribution in [0.5, 0.6) is 0 Å². The van der Waals surface area contributed by atoms with Gasteiger partial charge in [-0.15, -0.1) is 0 Å². The summed E-state index contributed by atoms with van der Waals surface area (Å²) in [5.74, 6) is 0. The van der Waals surface area contributed by atoms with E-state index < -0.39 is 0 Å². The van der Waals surface area contributed by atoms with Crippen LogP contribution < -0.4 is 10.6 Å². The second-order valence-electron chi connectivity index (χ2n) is 5.97. The molecular weight excluding hydrogens is 188 g/mol. The van der Waals surface area contributed by atoms with E-state index in [1.165, 1.54) is 0 Å². The molecule has 0 aromatic rings. The molecule has 0 atom stereocenters. The number of hydrogen-bond acceptors (Lipinski definition) is 2. The van der Waals surface area contributed by atoms with Gasteiger partial charge in [0, 0.05) is 12.1 Å². The van der Waals surface area contributed by atoms with Gasteiger partial charge in [-0.25, -0.2) is 0 Å². The van der Waals surface area contributed by atoms with Crippen LogP contribution in [0.1, 0.15) is 47.5 Å². The predicted octanol–water partition coefficient (Wildman–Crippen LogP) is 1.93. The first-order valence-electron chi connectivity index (χ1n) is 5.69. The normalized spacial score (nSPS) is 12.6. The first-order valence-corrected chi connectivity index (χ1v) is 5.69. The maximum absolute atomic E-state index is 10.0. The minimum atomic E-state index is 0.166. The zero-order valence-corrected chi connectivity index (χ0v) is 10.8. The van der Waals surface area contributed by atoms with Crippen molar-refractivity contribution in [2.45, 2.75) is 53.0 Å². The van der Waals surface area contributed by atoms with Crippen molar-refractivity contribution < 1.29 is 4.79 Å². The lowest BCUT2D eigenvalue weighted by Crippen LogP contribution is -2.43. The molecule has 0 heterocycles. The van der Waals surface area contributed by atoms with Crippen molar-refractivity contribution in [3.63, 3.8) is 0 Å². The molecule has 0 radical (unpaired) electrons. The standard InChI is InChI=1S/C12H26N2O/c1-11(2,3)9-12(4,5)14-8-6-7-13-10-15/h10,14H,6-9H2,1-5H3,(H,13,15). The summed E-state index contributed by atoms with van der Waals surface area (Å²) in [5, 5.41) is 6.18. The zero-order valence-electron chi connectivity index (χ0n) is 10.8. The van der Waals surface area contributed by atoms with E-state index in [1.54, 1.807) is 0 Å². The molecule has 0 unspecified atom stereocenters. The van der Waals surface area contributed by atoms with Gasteiger partial charge in [-0.3, -0.25) is 4.79 Å². The number of hydrogen-bond donors (Lipinski definition) is 2. The molecule has 3 nitrogen and oxygen atoms in total. The second-order valence-corrected chi connectivity index (χ2v) is 5.97. The molecule has 0 aromatic carbocycles. The molecule has 0 spiro atoms. The highest BCUT2D eigenvalue weighted by Gasteiger charge is 2.24. The first kappa shape index (κ1) is 14.4. The third-order valence-corrected chi connectivity index (χ3v) is 2.16. The highest BCUT2D eigenvalue weighted by Crippen LogP contribution is 2.26. The maximum atomic E-state index is 10.0. The van der Waals surface area contributed by atoms with Crippen LogP contribution in [-0.4, -0.2) is 25.0 Å². The van der Waals surface area contributed by atoms with E-state index in [-0.39, 0.29) is 5.54 Å². The predicted molar refractivity (Wildman–Crippen MR) is 64.8 cm³/mol. The Kier molecular flexibility index (Phi) is 5.88. The van der Waals surface area contributed by atoms with E-state index in [2.05, 4.69) is 45.3 Å². The van der Waals surface area contributed by atoms with Crippen LogP contribution in [0.3, 0.4) is 0 Å². The van der Waals surface area contributed by atoms with Crippen molar-refractivity contribution in [3.05, 3.63) is 0 Å². The molecule has 0 aliphatic heterocycles. The Labute approximate surface area is 94.0 Å². The highest BCUT2D eigenvalue weighted by molar-refractivity contribution is 5.45. The molecule has 90 valence electrons. The van der Waals surface area contributed by atoms with Gasteiger partial charge in [0.25, 0.3) is 0 Å². The summed E-state index contributed by atoms with van der Waals surface area (Å²) in [6, 6.07) is 0. The van der Waals surface area contributed by atoms with Gasteiger partial charge in [0.05, 0.1) is 0 Å². The fraction of sp³-hybridized carbons (Fsp3) is 0.917. The maximum Gasteiger partial charge on any atom is 0.207 e. The van der Waals surface area contributed by atoms with Crippen molar-refractivity contribution >= 4 is 6.41 Å². The molecule has 0 saturated carbocycles. The fourth-order valence-corrected chi connectivity index (χ4v) is 2.06. The minimum absolute atomic E-state index is 0.166. The number of carbonyl (C=O) groups excluding carboxylic acids is 1. The summed E-state index contributed by atoms with van der Waals surface area (Å²) >= 11 is 0. The molecule has 15 heavy (non-hydrogen) atoms. The zero-order chi connectivity index (χ0) is 11.9. The SMILES string of the molecule is CC(C)(C)CC(C)(C)NCCCNC=O. The fourth-order valence-electron chi connectivity index (χ4n) is 2.06. The summed E-state index contributed by atoms with van der Waals surface area (Å²) in [5.41, 5.74) is 0.511. The van der Waals surface area contributed by atoms with Gasteiger partial charge in [-0.05, 0) is 38.6 Å². The molecule has 0 bridgehead atoms. The van der Waals surface area contributed by atoms with Gasteiger partial charge in [0.2, 0.25) is 6.41 Å². The van der Waals surface area contributed by atoms with Crippen molar-refractivity contribution in [3.8, 4) is 0 Å². The van der Waals surface area contributed by atoms with E-state index >= 15 is 0 Å². The Balaban J connectivity index is 3.69. The summed E-state index contributed by atoms with van der Waals surface area (Å²) in [4.78, 5) is 10.0. The number of rotatable bonds is 7. The molecule has 2 N–H and O–H groups in total. The van der Waals surface area contributed by atoms with Gasteiger partial charge in [0.15, 0.2) is 0 Å². The van der Waals surface area contributed by atoms with Crippen molar-refractivity contribution in [2.75, 3.05) is 13.1 Å². The Morgan fingerprint density at radius 1 is 1.07 bits per heavy atom. The van der Waals surface area contributed by atoms with Crippen LogP contribution in [0.15, 0.2) is 0 Å². The van der Waals surface area contributed by atoms with E-state index in [0.29, 0.717) is 5.41 Å². The molecule has 0 aliphatic carbocycles. The molecule has 0 aromatic heterocycles. The van der Waals surface area contributed by atoms with E-state index in [1.807, 2.05) is 0 Å². The first-order chi connectivity index (χ1) is 6.77. The molecule has 0 aliphatic rings. The summed E-state index contributed by atoms with van der Waals surface area (Å²) in [6.07, 6.45) is 2.87. The van der Waals surface area contributed by atoms with Crippen LogP contribution in [-0.2, 0) is 4.79 Å². The summed E-state index contributed by atoms with van der Waals surface area (Å²) < 4.78 is 0. The smallest absolute Gasteiger partial charge is 0.207 e. The van der Waals surface area contributed by atoms with Crippen molar-refractivity contribution in [2.24, 2.45) is 5.41 Å². The second kappa shape index (κ2) is 6.11. The third-order valence-electron chi connectivity index (χ3n) is 2.16. The Morgan fingerprint density at radius 3 is 2.13 bits per heavy atom. The van der Waals surface area contributed by atoms with E-state index in [0.717, 1.165) is 32.3 Å². The van der Waals surface area contributed by atoms with Crippen LogP contribution in [0.25, 0.3) is 0 Å². The average molecular weight is 214 g/mol. The largest absolute Gasteiger partial charge is 0.359 e. The molecule has 0 rings (SSSR count). The number of nitrogens with one attached hydrogen (secondary N) is 2. The van der Waals surface area contributed by atoms with Crippen LogP contribution in [0.4, 0.5) is 0 Å². The molecule has 0 fully saturated rings. The summed E-state index contributed by atoms with van der Waals surface area (Å²) in [7, 11) is 0. The van der Waals surface area contributed by atoms with Gasteiger partial charge < -0.3 is 10.6 Å². The van der Waals surface area contributed by atoms with Gasteiger partial charge in [-0.1, -0.05) is 20.8 Å². The van der Waals surface area contributed by atoms with E-state index in [9.17, 15) is 4.79 Å². The van der Waals surface area contributed by atoms with Crippen molar-refractivity contribution in [1.82, 2.24) is 10.6 Å². The number of carbonyl (C=O) groups is 1. The van der Waals surface area contributed by atoms with Gasteiger partial charge in [-0.2, -0.15) is 0 Å². The number of amides is 1. The lowest BCUT2D eigenvalue weighted by molar-refractivity contribution is -0.109. The lowest BCUT2D eigenvalue weighted by Gasteiger charge is -2.33. The van der Waals surface area contributed by atoms with Crippen LogP contribution in [0, 0.1) is 5.41 Å². The Hall–Kier alpha value is -0.570. The minimum Gasteiger partial charge on any atom is -0.359 e. The molecule has 3 heteroatoms. The Bertz CT molecular complexity index is 183. The monoisotopic (exact) mass is 214 g/mol. The van der Waals surface area contributed by atoms with E-state index in [4.69, 9.17) is 0 Å². The topological polar surface area (TPSA) is 41.1 Å².